The first-order valence-corrected chi connectivity index (χ1v) is 6.20. The molecule has 0 radical (unpaired) electrons. The highest BCUT2D eigenvalue weighted by Gasteiger charge is 2.09. The molecule has 3 aromatic rings. The number of aldehydes is 1. The van der Waals surface area contributed by atoms with Crippen LogP contribution in [0.5, 0.6) is 5.75 Å². The Balaban J connectivity index is 2.23. The van der Waals surface area contributed by atoms with Crippen molar-refractivity contribution in [3.63, 3.8) is 0 Å². The minimum Gasteiger partial charge on any atom is -0.496 e. The fraction of sp³-hybridized carbons (Fsp3) is 0.0667. The standard InChI is InChI=1S/C15H11N3O3/c1-21-13-5-4-11(7-10(13)8-19)18-9-17-14-12(15(18)20)3-2-6-16-14/h2-9H,1H3. The number of fused-ring (bicyclic) bond motifs is 1. The molecule has 104 valence electrons. The van der Waals surface area contributed by atoms with Gasteiger partial charge in [-0.2, -0.15) is 0 Å². The van der Waals surface area contributed by atoms with E-state index >= 15 is 0 Å². The van der Waals surface area contributed by atoms with Gasteiger partial charge in [-0.1, -0.05) is 0 Å². The van der Waals surface area contributed by atoms with Gasteiger partial charge in [0, 0.05) is 6.20 Å². The van der Waals surface area contributed by atoms with E-state index in [1.165, 1.54) is 18.0 Å². The molecule has 0 saturated carbocycles. The fourth-order valence-electron chi connectivity index (χ4n) is 2.11. The second kappa shape index (κ2) is 5.16. The Bertz CT molecular complexity index is 887. The van der Waals surface area contributed by atoms with Crippen LogP contribution in [0.4, 0.5) is 0 Å². The molecule has 6 nitrogen and oxygen atoms in total. The molecule has 0 aliphatic carbocycles. The minimum absolute atomic E-state index is 0.241. The number of ether oxygens (including phenoxy) is 1. The van der Waals surface area contributed by atoms with Crippen molar-refractivity contribution in [3.8, 4) is 11.4 Å². The van der Waals surface area contributed by atoms with E-state index in [9.17, 15) is 9.59 Å². The van der Waals surface area contributed by atoms with Crippen LogP contribution in [0, 0.1) is 0 Å². The molecule has 0 atom stereocenters. The third-order valence-corrected chi connectivity index (χ3v) is 3.15. The summed E-state index contributed by atoms with van der Waals surface area (Å²) < 4.78 is 6.45. The zero-order valence-electron chi connectivity index (χ0n) is 11.2. The van der Waals surface area contributed by atoms with Gasteiger partial charge in [-0.15, -0.1) is 0 Å². The lowest BCUT2D eigenvalue weighted by atomic mass is 10.2. The summed E-state index contributed by atoms with van der Waals surface area (Å²) in [5, 5.41) is 0.420. The molecule has 0 amide bonds. The van der Waals surface area contributed by atoms with Gasteiger partial charge in [0.2, 0.25) is 0 Å². The largest absolute Gasteiger partial charge is 0.496 e. The van der Waals surface area contributed by atoms with Crippen LogP contribution in [0.1, 0.15) is 10.4 Å². The van der Waals surface area contributed by atoms with Crippen molar-refractivity contribution >= 4 is 17.3 Å². The van der Waals surface area contributed by atoms with Crippen molar-refractivity contribution < 1.29 is 9.53 Å². The van der Waals surface area contributed by atoms with Gasteiger partial charge in [0.1, 0.15) is 12.1 Å². The first kappa shape index (κ1) is 13.0. The van der Waals surface area contributed by atoms with Crippen LogP contribution in [0.2, 0.25) is 0 Å². The molecule has 2 aromatic heterocycles. The first-order chi connectivity index (χ1) is 10.2. The average Bonchev–Trinajstić information content (AvgIpc) is 2.55. The highest BCUT2D eigenvalue weighted by Crippen LogP contribution is 2.19. The summed E-state index contributed by atoms with van der Waals surface area (Å²) >= 11 is 0. The molecule has 1 aromatic carbocycles. The van der Waals surface area contributed by atoms with E-state index < -0.39 is 0 Å². The molecular formula is C15H11N3O3. The Kier molecular flexibility index (Phi) is 3.19. The smallest absolute Gasteiger partial charge is 0.267 e. The van der Waals surface area contributed by atoms with Crippen LogP contribution in [0.15, 0.2) is 47.7 Å². The van der Waals surface area contributed by atoms with Crippen molar-refractivity contribution in [2.45, 2.75) is 0 Å². The second-order valence-corrected chi connectivity index (χ2v) is 4.34. The van der Waals surface area contributed by atoms with E-state index in [0.29, 0.717) is 34.3 Å². The van der Waals surface area contributed by atoms with E-state index in [4.69, 9.17) is 4.74 Å². The van der Waals surface area contributed by atoms with E-state index in [1.807, 2.05) is 0 Å². The lowest BCUT2D eigenvalue weighted by Crippen LogP contribution is -2.19. The number of carbonyl (C=O) groups excluding carboxylic acids is 1. The number of aromatic nitrogens is 3. The molecule has 0 aliphatic heterocycles. The van der Waals surface area contributed by atoms with Crippen LogP contribution in [-0.4, -0.2) is 27.9 Å². The predicted octanol–water partition coefficient (Wildman–Crippen LogP) is 1.60. The fourth-order valence-corrected chi connectivity index (χ4v) is 2.11. The number of hydrogen-bond acceptors (Lipinski definition) is 5. The summed E-state index contributed by atoms with van der Waals surface area (Å²) in [7, 11) is 1.48. The molecule has 0 unspecified atom stereocenters. The highest BCUT2D eigenvalue weighted by molar-refractivity contribution is 5.80. The molecule has 0 N–H and O–H groups in total. The van der Waals surface area contributed by atoms with Gasteiger partial charge < -0.3 is 4.74 Å². The first-order valence-electron chi connectivity index (χ1n) is 6.20. The van der Waals surface area contributed by atoms with Gasteiger partial charge >= 0.3 is 0 Å². The Labute approximate surface area is 119 Å². The van der Waals surface area contributed by atoms with Crippen molar-refractivity contribution in [2.24, 2.45) is 0 Å². The second-order valence-electron chi connectivity index (χ2n) is 4.34. The maximum atomic E-state index is 12.4. The van der Waals surface area contributed by atoms with E-state index in [2.05, 4.69) is 9.97 Å². The monoisotopic (exact) mass is 281 g/mol. The highest BCUT2D eigenvalue weighted by atomic mass is 16.5. The van der Waals surface area contributed by atoms with Crippen LogP contribution in [0.3, 0.4) is 0 Å². The van der Waals surface area contributed by atoms with Gasteiger partial charge in [0.05, 0.1) is 23.7 Å². The molecule has 2 heterocycles. The van der Waals surface area contributed by atoms with Crippen molar-refractivity contribution in [2.75, 3.05) is 7.11 Å². The summed E-state index contributed by atoms with van der Waals surface area (Å²) in [5.41, 5.74) is 1.06. The van der Waals surface area contributed by atoms with Crippen molar-refractivity contribution in [1.29, 1.82) is 0 Å². The summed E-state index contributed by atoms with van der Waals surface area (Å²) in [6.45, 7) is 0. The average molecular weight is 281 g/mol. The van der Waals surface area contributed by atoms with Gasteiger partial charge in [-0.3, -0.25) is 14.2 Å². The molecule has 21 heavy (non-hydrogen) atoms. The number of nitrogens with zero attached hydrogens (tertiary/aromatic N) is 3. The zero-order valence-corrected chi connectivity index (χ0v) is 11.2. The SMILES string of the molecule is COc1ccc(-n2cnc3ncccc3c2=O)cc1C=O. The third-order valence-electron chi connectivity index (χ3n) is 3.15. The summed E-state index contributed by atoms with van der Waals surface area (Å²) in [4.78, 5) is 31.7. The number of benzene rings is 1. The van der Waals surface area contributed by atoms with Gasteiger partial charge in [-0.25, -0.2) is 9.97 Å². The molecule has 0 aliphatic rings. The Hall–Kier alpha value is -3.02. The summed E-state index contributed by atoms with van der Waals surface area (Å²) in [6, 6.07) is 8.26. The Morgan fingerprint density at radius 1 is 1.24 bits per heavy atom. The number of pyridine rings is 1. The van der Waals surface area contributed by atoms with Gasteiger partial charge in [0.15, 0.2) is 11.9 Å². The lowest BCUT2D eigenvalue weighted by Gasteiger charge is -2.09. The topological polar surface area (TPSA) is 74.1 Å². The molecule has 0 saturated heterocycles. The van der Waals surface area contributed by atoms with Crippen LogP contribution < -0.4 is 10.3 Å². The molecular weight excluding hydrogens is 270 g/mol. The lowest BCUT2D eigenvalue weighted by molar-refractivity contribution is 0.112. The van der Waals surface area contributed by atoms with Crippen LogP contribution >= 0.6 is 0 Å². The summed E-state index contributed by atoms with van der Waals surface area (Å²) in [6.07, 6.45) is 3.66. The number of rotatable bonds is 3. The normalized spacial score (nSPS) is 10.5. The zero-order chi connectivity index (χ0) is 14.8. The predicted molar refractivity (Wildman–Crippen MR) is 77.1 cm³/mol. The van der Waals surface area contributed by atoms with Crippen LogP contribution in [0.25, 0.3) is 16.7 Å². The molecule has 0 fully saturated rings. The van der Waals surface area contributed by atoms with Crippen molar-refractivity contribution in [1.82, 2.24) is 14.5 Å². The molecule has 0 spiro atoms. The van der Waals surface area contributed by atoms with Gasteiger partial charge in [-0.05, 0) is 30.3 Å². The van der Waals surface area contributed by atoms with E-state index in [-0.39, 0.29) is 5.56 Å². The maximum absolute atomic E-state index is 12.4. The van der Waals surface area contributed by atoms with Crippen molar-refractivity contribution in [3.05, 3.63) is 58.8 Å². The minimum atomic E-state index is -0.241. The third kappa shape index (κ3) is 2.16. The van der Waals surface area contributed by atoms with E-state index in [1.54, 1.807) is 36.5 Å². The Morgan fingerprint density at radius 2 is 2.10 bits per heavy atom. The Morgan fingerprint density at radius 3 is 2.86 bits per heavy atom. The van der Waals surface area contributed by atoms with E-state index in [0.717, 1.165) is 0 Å². The maximum Gasteiger partial charge on any atom is 0.267 e. The molecule has 3 rings (SSSR count). The number of methoxy groups -OCH3 is 1. The molecule has 6 heteroatoms. The molecule has 0 bridgehead atoms. The van der Waals surface area contributed by atoms with Gasteiger partial charge in [0.25, 0.3) is 5.56 Å². The van der Waals surface area contributed by atoms with Crippen LogP contribution in [-0.2, 0) is 0 Å². The summed E-state index contributed by atoms with van der Waals surface area (Å²) in [5.74, 6) is 0.456. The number of hydrogen-bond donors (Lipinski definition) is 0. The quantitative estimate of drug-likeness (QED) is 0.682. The number of carbonyl (C=O) groups is 1.